The van der Waals surface area contributed by atoms with Gasteiger partial charge in [-0.2, -0.15) is 0 Å². The predicted octanol–water partition coefficient (Wildman–Crippen LogP) is 1.74. The molecule has 1 saturated heterocycles. The SMILES string of the molecule is OC(C1CC=CCC1)C1CCOC1. The van der Waals surface area contributed by atoms with Gasteiger partial charge in [0, 0.05) is 12.5 Å². The van der Waals surface area contributed by atoms with Gasteiger partial charge in [-0.3, -0.25) is 0 Å². The Balaban J connectivity index is 1.87. The number of rotatable bonds is 2. The van der Waals surface area contributed by atoms with Crippen LogP contribution in [0.15, 0.2) is 12.2 Å². The van der Waals surface area contributed by atoms with Crippen LogP contribution in [0.3, 0.4) is 0 Å². The fraction of sp³-hybridized carbons (Fsp3) is 0.818. The van der Waals surface area contributed by atoms with Crippen molar-refractivity contribution in [3.8, 4) is 0 Å². The van der Waals surface area contributed by atoms with Crippen LogP contribution in [0, 0.1) is 11.8 Å². The van der Waals surface area contributed by atoms with E-state index >= 15 is 0 Å². The molecule has 0 bridgehead atoms. The first kappa shape index (κ1) is 9.22. The van der Waals surface area contributed by atoms with Crippen LogP contribution in [0.1, 0.15) is 25.7 Å². The molecule has 2 aliphatic rings. The van der Waals surface area contributed by atoms with Gasteiger partial charge in [0.25, 0.3) is 0 Å². The number of ether oxygens (including phenoxy) is 1. The lowest BCUT2D eigenvalue weighted by Crippen LogP contribution is -2.30. The van der Waals surface area contributed by atoms with Gasteiger partial charge < -0.3 is 9.84 Å². The van der Waals surface area contributed by atoms with E-state index in [1.807, 2.05) is 0 Å². The first-order valence-electron chi connectivity index (χ1n) is 5.29. The van der Waals surface area contributed by atoms with Crippen LogP contribution in [0.4, 0.5) is 0 Å². The van der Waals surface area contributed by atoms with E-state index in [1.54, 1.807) is 0 Å². The third-order valence-electron chi connectivity index (χ3n) is 3.24. The van der Waals surface area contributed by atoms with Crippen molar-refractivity contribution in [2.75, 3.05) is 13.2 Å². The van der Waals surface area contributed by atoms with Crippen LogP contribution in [0.5, 0.6) is 0 Å². The summed E-state index contributed by atoms with van der Waals surface area (Å²) in [5, 5.41) is 10.1. The molecule has 2 nitrogen and oxygen atoms in total. The molecule has 0 spiro atoms. The van der Waals surface area contributed by atoms with E-state index in [1.165, 1.54) is 0 Å². The second-order valence-electron chi connectivity index (χ2n) is 4.16. The Labute approximate surface area is 79.6 Å². The van der Waals surface area contributed by atoms with Crippen molar-refractivity contribution in [2.45, 2.75) is 31.8 Å². The largest absolute Gasteiger partial charge is 0.392 e. The Morgan fingerprint density at radius 1 is 1.23 bits per heavy atom. The first-order chi connectivity index (χ1) is 6.38. The maximum Gasteiger partial charge on any atom is 0.0622 e. The summed E-state index contributed by atoms with van der Waals surface area (Å²) in [5.41, 5.74) is 0. The molecule has 0 radical (unpaired) electrons. The summed E-state index contributed by atoms with van der Waals surface area (Å²) in [6.45, 7) is 1.60. The summed E-state index contributed by atoms with van der Waals surface area (Å²) >= 11 is 0. The van der Waals surface area contributed by atoms with Crippen LogP contribution in [0.25, 0.3) is 0 Å². The van der Waals surface area contributed by atoms with E-state index in [0.29, 0.717) is 11.8 Å². The smallest absolute Gasteiger partial charge is 0.0622 e. The lowest BCUT2D eigenvalue weighted by Gasteiger charge is -2.27. The van der Waals surface area contributed by atoms with E-state index in [9.17, 15) is 5.11 Å². The van der Waals surface area contributed by atoms with E-state index in [4.69, 9.17) is 4.74 Å². The van der Waals surface area contributed by atoms with Gasteiger partial charge in [-0.1, -0.05) is 12.2 Å². The summed E-state index contributed by atoms with van der Waals surface area (Å²) in [7, 11) is 0. The van der Waals surface area contributed by atoms with Crippen LogP contribution in [0.2, 0.25) is 0 Å². The summed E-state index contributed by atoms with van der Waals surface area (Å²) in [6, 6.07) is 0. The highest BCUT2D eigenvalue weighted by Crippen LogP contribution is 2.29. The van der Waals surface area contributed by atoms with Crippen LogP contribution < -0.4 is 0 Å². The van der Waals surface area contributed by atoms with Gasteiger partial charge in [0.05, 0.1) is 12.7 Å². The molecule has 0 aromatic rings. The van der Waals surface area contributed by atoms with E-state index in [-0.39, 0.29) is 6.10 Å². The third-order valence-corrected chi connectivity index (χ3v) is 3.24. The molecule has 0 aromatic heterocycles. The maximum atomic E-state index is 10.1. The average Bonchev–Trinajstić information content (AvgIpc) is 2.71. The molecule has 3 unspecified atom stereocenters. The highest BCUT2D eigenvalue weighted by atomic mass is 16.5. The zero-order valence-corrected chi connectivity index (χ0v) is 7.98. The first-order valence-corrected chi connectivity index (χ1v) is 5.29. The van der Waals surface area contributed by atoms with Crippen molar-refractivity contribution in [2.24, 2.45) is 11.8 Å². The minimum absolute atomic E-state index is 0.132. The Hall–Kier alpha value is -0.340. The average molecular weight is 182 g/mol. The van der Waals surface area contributed by atoms with Crippen LogP contribution in [-0.4, -0.2) is 24.4 Å². The van der Waals surface area contributed by atoms with Crippen molar-refractivity contribution in [1.82, 2.24) is 0 Å². The van der Waals surface area contributed by atoms with Crippen molar-refractivity contribution in [3.63, 3.8) is 0 Å². The lowest BCUT2D eigenvalue weighted by atomic mass is 9.83. The minimum atomic E-state index is -0.132. The molecule has 0 amide bonds. The third kappa shape index (κ3) is 2.12. The lowest BCUT2D eigenvalue weighted by molar-refractivity contribution is 0.0393. The predicted molar refractivity (Wildman–Crippen MR) is 51.4 cm³/mol. The fourth-order valence-electron chi connectivity index (χ4n) is 2.33. The highest BCUT2D eigenvalue weighted by molar-refractivity contribution is 4.93. The standard InChI is InChI=1S/C11H18O2/c12-11(10-6-7-13-8-10)9-4-2-1-3-5-9/h1-2,9-12H,3-8H2. The zero-order chi connectivity index (χ0) is 9.10. The normalized spacial score (nSPS) is 36.4. The molecule has 13 heavy (non-hydrogen) atoms. The molecule has 1 N–H and O–H groups in total. The molecular weight excluding hydrogens is 164 g/mol. The molecule has 3 atom stereocenters. The number of hydrogen-bond donors (Lipinski definition) is 1. The Kier molecular flexibility index (Phi) is 3.01. The van der Waals surface area contributed by atoms with Gasteiger partial charge >= 0.3 is 0 Å². The Morgan fingerprint density at radius 3 is 2.77 bits per heavy atom. The summed E-state index contributed by atoms with van der Waals surface area (Å²) in [6.07, 6.45) is 8.66. The van der Waals surface area contributed by atoms with Gasteiger partial charge in [-0.15, -0.1) is 0 Å². The number of allylic oxidation sites excluding steroid dienone is 2. The number of aliphatic hydroxyl groups is 1. The molecule has 0 aromatic carbocycles. The maximum absolute atomic E-state index is 10.1. The topological polar surface area (TPSA) is 29.5 Å². The van der Waals surface area contributed by atoms with Crippen molar-refractivity contribution in [3.05, 3.63) is 12.2 Å². The van der Waals surface area contributed by atoms with E-state index in [2.05, 4.69) is 12.2 Å². The van der Waals surface area contributed by atoms with E-state index in [0.717, 1.165) is 38.9 Å². The van der Waals surface area contributed by atoms with Gasteiger partial charge in [-0.05, 0) is 31.6 Å². The van der Waals surface area contributed by atoms with E-state index < -0.39 is 0 Å². The summed E-state index contributed by atoms with van der Waals surface area (Å²) < 4.78 is 5.29. The zero-order valence-electron chi connectivity index (χ0n) is 7.98. The minimum Gasteiger partial charge on any atom is -0.392 e. The summed E-state index contributed by atoms with van der Waals surface area (Å²) in [4.78, 5) is 0. The molecule has 1 aliphatic heterocycles. The molecule has 0 saturated carbocycles. The van der Waals surface area contributed by atoms with Crippen molar-refractivity contribution < 1.29 is 9.84 Å². The van der Waals surface area contributed by atoms with Gasteiger partial charge in [0.2, 0.25) is 0 Å². The highest BCUT2D eigenvalue weighted by Gasteiger charge is 2.30. The monoisotopic (exact) mass is 182 g/mol. The van der Waals surface area contributed by atoms with Gasteiger partial charge in [0.15, 0.2) is 0 Å². The quantitative estimate of drug-likeness (QED) is 0.659. The summed E-state index contributed by atoms with van der Waals surface area (Å²) in [5.74, 6) is 0.883. The number of hydrogen-bond acceptors (Lipinski definition) is 2. The van der Waals surface area contributed by atoms with Crippen molar-refractivity contribution >= 4 is 0 Å². The Bertz CT molecular complexity index is 183. The Morgan fingerprint density at radius 2 is 2.15 bits per heavy atom. The number of aliphatic hydroxyl groups excluding tert-OH is 1. The van der Waals surface area contributed by atoms with Crippen LogP contribution >= 0.6 is 0 Å². The molecule has 74 valence electrons. The van der Waals surface area contributed by atoms with Crippen molar-refractivity contribution in [1.29, 1.82) is 0 Å². The van der Waals surface area contributed by atoms with Gasteiger partial charge in [0.1, 0.15) is 0 Å². The molecular formula is C11H18O2. The molecule has 1 fully saturated rings. The molecule has 1 heterocycles. The molecule has 2 rings (SSSR count). The van der Waals surface area contributed by atoms with Crippen LogP contribution in [-0.2, 0) is 4.74 Å². The van der Waals surface area contributed by atoms with Gasteiger partial charge in [-0.25, -0.2) is 0 Å². The second-order valence-corrected chi connectivity index (χ2v) is 4.16. The molecule has 1 aliphatic carbocycles. The second kappa shape index (κ2) is 4.25. The molecule has 2 heteroatoms. The fourth-order valence-corrected chi connectivity index (χ4v) is 2.33.